The third kappa shape index (κ3) is 1.66. The largest absolute Gasteiger partial charge is 0.291 e. The van der Waals surface area contributed by atoms with E-state index in [4.69, 9.17) is 0 Å². The molecule has 5 heteroatoms. The van der Waals surface area contributed by atoms with Crippen molar-refractivity contribution in [3.05, 3.63) is 5.82 Å². The topological polar surface area (TPSA) is 60.7 Å². The highest BCUT2D eigenvalue weighted by atomic mass is 16.1. The van der Waals surface area contributed by atoms with Crippen LogP contribution in [0.3, 0.4) is 0 Å². The number of tetrazole rings is 1. The molecule has 0 amide bonds. The van der Waals surface area contributed by atoms with E-state index < -0.39 is 0 Å². The molecule has 0 atom stereocenters. The summed E-state index contributed by atoms with van der Waals surface area (Å²) in [6.45, 7) is 7.25. The molecule has 1 aromatic heterocycles. The molecule has 1 heterocycles. The van der Waals surface area contributed by atoms with Crippen LogP contribution in [0.15, 0.2) is 0 Å². The molecule has 0 saturated carbocycles. The first-order valence-electron chi connectivity index (χ1n) is 3.72. The Morgan fingerprint density at radius 3 is 2.25 bits per heavy atom. The van der Waals surface area contributed by atoms with Crippen molar-refractivity contribution in [3.8, 4) is 0 Å². The lowest BCUT2D eigenvalue weighted by Crippen LogP contribution is -2.24. The molecule has 0 aliphatic heterocycles. The Bertz CT molecular complexity index is 297. The molecule has 66 valence electrons. The van der Waals surface area contributed by atoms with Gasteiger partial charge >= 0.3 is 0 Å². The number of Topliss-reactive ketones (excluding diaryl/α,β-unsaturated/α-hetero) is 1. The van der Waals surface area contributed by atoms with Crippen LogP contribution in [0.4, 0.5) is 0 Å². The van der Waals surface area contributed by atoms with E-state index in [1.54, 1.807) is 0 Å². The zero-order valence-corrected chi connectivity index (χ0v) is 7.70. The first-order chi connectivity index (χ1) is 5.41. The molecule has 1 rings (SSSR count). The second-order valence-electron chi connectivity index (χ2n) is 3.63. The minimum atomic E-state index is -0.222. The summed E-state index contributed by atoms with van der Waals surface area (Å²) < 4.78 is 0. The van der Waals surface area contributed by atoms with Crippen molar-refractivity contribution >= 4 is 5.78 Å². The summed E-state index contributed by atoms with van der Waals surface area (Å²) in [4.78, 5) is 12.2. The SMILES string of the molecule is CC(=O)c1nnn(C(C)(C)C)n1. The summed E-state index contributed by atoms with van der Waals surface area (Å²) in [5, 5.41) is 11.3. The van der Waals surface area contributed by atoms with Crippen LogP contribution < -0.4 is 0 Å². The van der Waals surface area contributed by atoms with E-state index >= 15 is 0 Å². The van der Waals surface area contributed by atoms with E-state index in [1.165, 1.54) is 11.7 Å². The summed E-state index contributed by atoms with van der Waals surface area (Å²) in [6.07, 6.45) is 0. The van der Waals surface area contributed by atoms with E-state index in [9.17, 15) is 4.79 Å². The molecule has 0 spiro atoms. The molecular weight excluding hydrogens is 156 g/mol. The van der Waals surface area contributed by atoms with Crippen molar-refractivity contribution in [3.63, 3.8) is 0 Å². The third-order valence-corrected chi connectivity index (χ3v) is 1.33. The summed E-state index contributed by atoms with van der Waals surface area (Å²) >= 11 is 0. The number of carbonyl (C=O) groups is 1. The number of carbonyl (C=O) groups excluding carboxylic acids is 1. The van der Waals surface area contributed by atoms with Gasteiger partial charge in [0.1, 0.15) is 0 Å². The molecule has 0 fully saturated rings. The highest BCUT2D eigenvalue weighted by molar-refractivity contribution is 5.89. The molecule has 0 N–H and O–H groups in total. The molecule has 0 aromatic carbocycles. The first-order valence-corrected chi connectivity index (χ1v) is 3.72. The zero-order chi connectivity index (χ0) is 9.35. The van der Waals surface area contributed by atoms with Crippen LogP contribution in [-0.4, -0.2) is 26.0 Å². The summed E-state index contributed by atoms with van der Waals surface area (Å²) in [5.74, 6) is 0.00965. The Morgan fingerprint density at radius 2 is 2.00 bits per heavy atom. The van der Waals surface area contributed by atoms with Gasteiger partial charge < -0.3 is 0 Å². The van der Waals surface area contributed by atoms with Crippen molar-refractivity contribution in [2.45, 2.75) is 33.2 Å². The number of rotatable bonds is 1. The fourth-order valence-corrected chi connectivity index (χ4v) is 0.639. The van der Waals surface area contributed by atoms with Crippen LogP contribution in [0.25, 0.3) is 0 Å². The van der Waals surface area contributed by atoms with Crippen LogP contribution >= 0.6 is 0 Å². The highest BCUT2D eigenvalue weighted by Gasteiger charge is 2.17. The average Bonchev–Trinajstić information content (AvgIpc) is 2.30. The molecule has 0 aliphatic carbocycles. The van der Waals surface area contributed by atoms with Gasteiger partial charge in [-0.25, -0.2) is 0 Å². The molecular formula is C7H12N4O. The van der Waals surface area contributed by atoms with Gasteiger partial charge in [-0.1, -0.05) is 0 Å². The van der Waals surface area contributed by atoms with Gasteiger partial charge in [0.15, 0.2) is 0 Å². The first kappa shape index (κ1) is 8.83. The second-order valence-corrected chi connectivity index (χ2v) is 3.63. The molecule has 12 heavy (non-hydrogen) atoms. The maximum Gasteiger partial charge on any atom is 0.240 e. The van der Waals surface area contributed by atoms with Crippen LogP contribution in [0, 0.1) is 0 Å². The number of aromatic nitrogens is 4. The van der Waals surface area contributed by atoms with E-state index in [-0.39, 0.29) is 17.1 Å². The van der Waals surface area contributed by atoms with Crippen molar-refractivity contribution < 1.29 is 4.79 Å². The molecule has 0 radical (unpaired) electrons. The van der Waals surface area contributed by atoms with Gasteiger partial charge in [-0.2, -0.15) is 4.80 Å². The normalized spacial score (nSPS) is 11.7. The van der Waals surface area contributed by atoms with Gasteiger partial charge in [-0.15, -0.1) is 10.2 Å². The Morgan fingerprint density at radius 1 is 1.42 bits per heavy atom. The van der Waals surface area contributed by atoms with Crippen LogP contribution in [-0.2, 0) is 5.54 Å². The quantitative estimate of drug-likeness (QED) is 0.577. The van der Waals surface area contributed by atoms with Gasteiger partial charge in [-0.05, 0) is 26.0 Å². The van der Waals surface area contributed by atoms with Gasteiger partial charge in [0.05, 0.1) is 5.54 Å². The van der Waals surface area contributed by atoms with E-state index in [1.807, 2.05) is 20.8 Å². The number of ketones is 1. The fourth-order valence-electron chi connectivity index (χ4n) is 0.639. The number of hydrogen-bond donors (Lipinski definition) is 0. The number of nitrogens with zero attached hydrogens (tertiary/aromatic N) is 4. The monoisotopic (exact) mass is 168 g/mol. The van der Waals surface area contributed by atoms with Crippen molar-refractivity contribution in [2.24, 2.45) is 0 Å². The maximum absolute atomic E-state index is 10.8. The zero-order valence-electron chi connectivity index (χ0n) is 7.70. The smallest absolute Gasteiger partial charge is 0.240 e. The molecule has 1 aromatic rings. The standard InChI is InChI=1S/C7H12N4O/c1-5(12)6-8-10-11(9-6)7(2,3)4/h1-4H3. The summed E-state index contributed by atoms with van der Waals surface area (Å²) in [7, 11) is 0. The Labute approximate surface area is 70.8 Å². The maximum atomic E-state index is 10.8. The number of hydrogen-bond acceptors (Lipinski definition) is 4. The Kier molecular flexibility index (Phi) is 1.95. The Balaban J connectivity index is 3.00. The van der Waals surface area contributed by atoms with Gasteiger partial charge in [0.2, 0.25) is 11.6 Å². The van der Waals surface area contributed by atoms with Crippen molar-refractivity contribution in [1.82, 2.24) is 20.2 Å². The average molecular weight is 168 g/mol. The van der Waals surface area contributed by atoms with Crippen molar-refractivity contribution in [2.75, 3.05) is 0 Å². The molecule has 0 aliphatic rings. The lowest BCUT2D eigenvalue weighted by Gasteiger charge is -2.15. The van der Waals surface area contributed by atoms with Gasteiger partial charge in [0, 0.05) is 6.92 Å². The predicted molar refractivity (Wildman–Crippen MR) is 42.8 cm³/mol. The molecule has 0 bridgehead atoms. The lowest BCUT2D eigenvalue weighted by molar-refractivity contribution is 0.100. The van der Waals surface area contributed by atoms with E-state index in [0.717, 1.165) is 0 Å². The van der Waals surface area contributed by atoms with Crippen LogP contribution in [0.5, 0.6) is 0 Å². The summed E-state index contributed by atoms with van der Waals surface area (Å²) in [5.41, 5.74) is -0.222. The van der Waals surface area contributed by atoms with E-state index in [2.05, 4.69) is 15.4 Å². The van der Waals surface area contributed by atoms with Gasteiger partial charge in [-0.3, -0.25) is 4.79 Å². The molecule has 5 nitrogen and oxygen atoms in total. The highest BCUT2D eigenvalue weighted by Crippen LogP contribution is 2.08. The molecule has 0 unspecified atom stereocenters. The van der Waals surface area contributed by atoms with E-state index in [0.29, 0.717) is 0 Å². The fraction of sp³-hybridized carbons (Fsp3) is 0.714. The molecule has 0 saturated heterocycles. The Hall–Kier alpha value is -1.26. The van der Waals surface area contributed by atoms with Crippen LogP contribution in [0.2, 0.25) is 0 Å². The van der Waals surface area contributed by atoms with Gasteiger partial charge in [0.25, 0.3) is 0 Å². The summed E-state index contributed by atoms with van der Waals surface area (Å²) in [6, 6.07) is 0. The minimum absolute atomic E-state index is 0.162. The second kappa shape index (κ2) is 2.66. The lowest BCUT2D eigenvalue weighted by atomic mass is 10.1. The third-order valence-electron chi connectivity index (χ3n) is 1.33. The van der Waals surface area contributed by atoms with Crippen LogP contribution in [0.1, 0.15) is 38.3 Å². The minimum Gasteiger partial charge on any atom is -0.291 e. The van der Waals surface area contributed by atoms with Crippen molar-refractivity contribution in [1.29, 1.82) is 0 Å². The predicted octanol–water partition coefficient (Wildman–Crippen LogP) is 0.631.